The van der Waals surface area contributed by atoms with E-state index in [4.69, 9.17) is 5.73 Å². The third kappa shape index (κ3) is 4.39. The van der Waals surface area contributed by atoms with Crippen LogP contribution in [0, 0.1) is 5.92 Å². The average Bonchev–Trinajstić information content (AvgIpc) is 2.86. The zero-order valence-electron chi connectivity index (χ0n) is 19.8. The zero-order chi connectivity index (χ0) is 24.1. The fourth-order valence-electron chi connectivity index (χ4n) is 5.95. The maximum atomic E-state index is 13.4. The van der Waals surface area contributed by atoms with Gasteiger partial charge in [0.05, 0.1) is 5.41 Å². The molecule has 3 N–H and O–H groups in total. The number of fused-ring (bicyclic) bond motifs is 1. The number of hydrogen-bond acceptors (Lipinski definition) is 2. The Morgan fingerprint density at radius 1 is 1.00 bits per heavy atom. The van der Waals surface area contributed by atoms with Gasteiger partial charge in [-0.15, -0.1) is 0 Å². The van der Waals surface area contributed by atoms with Crippen LogP contribution in [-0.2, 0) is 10.2 Å². The summed E-state index contributed by atoms with van der Waals surface area (Å²) < 4.78 is 0. The number of hydrogen-bond donors (Lipinski definition) is 2. The minimum Gasteiger partial charge on any atom is -0.481 e. The highest BCUT2D eigenvalue weighted by Gasteiger charge is 2.52. The molecule has 3 aromatic rings. The van der Waals surface area contributed by atoms with Crippen molar-refractivity contribution in [1.82, 2.24) is 4.90 Å². The molecule has 0 bridgehead atoms. The molecule has 0 spiro atoms. The molecule has 34 heavy (non-hydrogen) atoms. The van der Waals surface area contributed by atoms with Crippen LogP contribution in [0.4, 0.5) is 4.79 Å². The van der Waals surface area contributed by atoms with Crippen molar-refractivity contribution in [3.63, 3.8) is 0 Å². The first-order valence-corrected chi connectivity index (χ1v) is 12.3. The molecule has 4 rings (SSSR count). The van der Waals surface area contributed by atoms with Crippen molar-refractivity contribution in [1.29, 1.82) is 0 Å². The number of rotatable bonds is 8. The van der Waals surface area contributed by atoms with Crippen molar-refractivity contribution in [3.05, 3.63) is 83.9 Å². The fourth-order valence-corrected chi connectivity index (χ4v) is 5.95. The molecule has 0 saturated carbocycles. The smallest absolute Gasteiger partial charge is 0.314 e. The lowest BCUT2D eigenvalue weighted by Gasteiger charge is -2.47. The lowest BCUT2D eigenvalue weighted by atomic mass is 9.59. The van der Waals surface area contributed by atoms with Gasteiger partial charge in [0.15, 0.2) is 0 Å². The monoisotopic (exact) mass is 458 g/mol. The van der Waals surface area contributed by atoms with E-state index in [1.807, 2.05) is 72.8 Å². The number of carbonyl (C=O) groups excluding carboxylic acids is 1. The summed E-state index contributed by atoms with van der Waals surface area (Å²) in [6.45, 7) is 3.03. The van der Waals surface area contributed by atoms with E-state index in [1.165, 1.54) is 0 Å². The predicted octanol–water partition coefficient (Wildman–Crippen LogP) is 5.93. The highest BCUT2D eigenvalue weighted by molar-refractivity contribution is 5.93. The minimum atomic E-state index is -1.07. The minimum absolute atomic E-state index is 0.126. The third-order valence-corrected chi connectivity index (χ3v) is 7.61. The summed E-state index contributed by atoms with van der Waals surface area (Å²) in [6, 6.07) is 23.6. The Kier molecular flexibility index (Phi) is 7.20. The first-order valence-electron chi connectivity index (χ1n) is 12.3. The van der Waals surface area contributed by atoms with Crippen LogP contribution in [-0.4, -0.2) is 35.1 Å². The van der Waals surface area contributed by atoms with Gasteiger partial charge in [-0.05, 0) is 40.7 Å². The molecule has 2 amide bonds. The standard InChI is InChI=1S/C29H34N2O3/c1-2-3-9-18-29(27(32)33,25-16-10-14-21-13-7-8-15-23(21)25)26-17-19-31(28(30)34)20-24(26)22-11-5-4-6-12-22/h4-8,10-16,24,26H,2-3,9,17-20H2,1H3,(H2,30,34)(H,32,33). The van der Waals surface area contributed by atoms with Crippen LogP contribution < -0.4 is 5.73 Å². The number of primary amides is 1. The number of unbranched alkanes of at least 4 members (excludes halogenated alkanes) is 2. The number of amides is 2. The van der Waals surface area contributed by atoms with Crippen LogP contribution in [0.3, 0.4) is 0 Å². The Balaban J connectivity index is 1.92. The van der Waals surface area contributed by atoms with Gasteiger partial charge in [-0.1, -0.05) is 99.0 Å². The average molecular weight is 459 g/mol. The van der Waals surface area contributed by atoms with E-state index in [2.05, 4.69) is 6.92 Å². The van der Waals surface area contributed by atoms with E-state index in [1.54, 1.807) is 4.90 Å². The molecule has 3 aromatic carbocycles. The predicted molar refractivity (Wildman–Crippen MR) is 136 cm³/mol. The second-order valence-electron chi connectivity index (χ2n) is 9.46. The Bertz CT molecular complexity index is 1140. The molecule has 1 saturated heterocycles. The van der Waals surface area contributed by atoms with Gasteiger partial charge in [0.1, 0.15) is 0 Å². The number of urea groups is 1. The van der Waals surface area contributed by atoms with Crippen LogP contribution in [0.2, 0.25) is 0 Å². The second kappa shape index (κ2) is 10.3. The first kappa shape index (κ1) is 23.8. The SMILES string of the molecule is CCCCCC(C(=O)O)(c1cccc2ccccc12)C1CCN(C(N)=O)CC1c1ccccc1. The summed E-state index contributed by atoms with van der Waals surface area (Å²) in [5.74, 6) is -1.08. The van der Waals surface area contributed by atoms with Crippen LogP contribution in [0.1, 0.15) is 56.1 Å². The summed E-state index contributed by atoms with van der Waals surface area (Å²) in [5, 5.41) is 13.1. The summed E-state index contributed by atoms with van der Waals surface area (Å²) in [4.78, 5) is 27.2. The van der Waals surface area contributed by atoms with Crippen molar-refractivity contribution in [2.45, 2.75) is 50.4 Å². The van der Waals surface area contributed by atoms with Gasteiger partial charge in [-0.3, -0.25) is 4.79 Å². The maximum absolute atomic E-state index is 13.4. The Labute approximate surface area is 201 Å². The van der Waals surface area contributed by atoms with Crippen molar-refractivity contribution in [2.24, 2.45) is 11.7 Å². The molecule has 5 heteroatoms. The number of carboxylic acids is 1. The topological polar surface area (TPSA) is 83.6 Å². The van der Waals surface area contributed by atoms with Crippen LogP contribution >= 0.6 is 0 Å². The van der Waals surface area contributed by atoms with Gasteiger partial charge >= 0.3 is 12.0 Å². The molecule has 0 radical (unpaired) electrons. The van der Waals surface area contributed by atoms with Crippen molar-refractivity contribution in [3.8, 4) is 0 Å². The van der Waals surface area contributed by atoms with Crippen LogP contribution in [0.15, 0.2) is 72.8 Å². The summed E-state index contributed by atoms with van der Waals surface area (Å²) in [6.07, 6.45) is 3.99. The maximum Gasteiger partial charge on any atom is 0.314 e. The summed E-state index contributed by atoms with van der Waals surface area (Å²) in [5.41, 5.74) is 6.54. The van der Waals surface area contributed by atoms with Crippen LogP contribution in [0.5, 0.6) is 0 Å². The normalized spacial score (nSPS) is 20.1. The number of benzene rings is 3. The highest BCUT2D eigenvalue weighted by Crippen LogP contribution is 2.50. The van der Waals surface area contributed by atoms with Gasteiger partial charge in [-0.25, -0.2) is 4.79 Å². The number of nitrogens with two attached hydrogens (primary N) is 1. The van der Waals surface area contributed by atoms with Gasteiger partial charge in [0.25, 0.3) is 0 Å². The second-order valence-corrected chi connectivity index (χ2v) is 9.46. The number of aliphatic carboxylic acids is 1. The molecule has 0 aliphatic carbocycles. The third-order valence-electron chi connectivity index (χ3n) is 7.61. The van der Waals surface area contributed by atoms with E-state index in [0.717, 1.165) is 41.2 Å². The van der Waals surface area contributed by atoms with Gasteiger partial charge < -0.3 is 15.7 Å². The van der Waals surface area contributed by atoms with E-state index < -0.39 is 17.4 Å². The molecule has 1 fully saturated rings. The van der Waals surface area contributed by atoms with Crippen molar-refractivity contribution >= 4 is 22.8 Å². The van der Waals surface area contributed by atoms with Crippen molar-refractivity contribution in [2.75, 3.05) is 13.1 Å². The Morgan fingerprint density at radius 2 is 1.71 bits per heavy atom. The number of nitrogens with zero attached hydrogens (tertiary/aromatic N) is 1. The molecule has 3 atom stereocenters. The fraction of sp³-hybridized carbons (Fsp3) is 0.379. The number of carboxylic acid groups (broad SMARTS) is 1. The highest BCUT2D eigenvalue weighted by atomic mass is 16.4. The number of piperidine rings is 1. The molecular formula is C29H34N2O3. The Morgan fingerprint density at radius 3 is 2.41 bits per heavy atom. The lowest BCUT2D eigenvalue weighted by molar-refractivity contribution is -0.148. The zero-order valence-corrected chi connectivity index (χ0v) is 19.8. The molecule has 5 nitrogen and oxygen atoms in total. The van der Waals surface area contributed by atoms with Gasteiger partial charge in [0.2, 0.25) is 0 Å². The number of likely N-dealkylation sites (tertiary alicyclic amines) is 1. The molecule has 178 valence electrons. The number of carbonyl (C=O) groups is 2. The quantitative estimate of drug-likeness (QED) is 0.411. The van der Waals surface area contributed by atoms with E-state index in [0.29, 0.717) is 25.9 Å². The van der Waals surface area contributed by atoms with E-state index in [-0.39, 0.29) is 11.8 Å². The van der Waals surface area contributed by atoms with E-state index >= 15 is 0 Å². The van der Waals surface area contributed by atoms with Gasteiger partial charge in [-0.2, -0.15) is 0 Å². The van der Waals surface area contributed by atoms with Gasteiger partial charge in [0, 0.05) is 19.0 Å². The summed E-state index contributed by atoms with van der Waals surface area (Å²) in [7, 11) is 0. The Hall–Kier alpha value is -3.34. The molecule has 0 aromatic heterocycles. The first-order chi connectivity index (χ1) is 16.5. The molecule has 1 heterocycles. The van der Waals surface area contributed by atoms with Crippen LogP contribution in [0.25, 0.3) is 10.8 Å². The lowest BCUT2D eigenvalue weighted by Crippen LogP contribution is -2.53. The van der Waals surface area contributed by atoms with Crippen molar-refractivity contribution < 1.29 is 14.7 Å². The molecule has 1 aliphatic heterocycles. The van der Waals surface area contributed by atoms with E-state index in [9.17, 15) is 14.7 Å². The molecule has 1 aliphatic rings. The summed E-state index contributed by atoms with van der Waals surface area (Å²) >= 11 is 0. The molecule has 3 unspecified atom stereocenters. The molecular weight excluding hydrogens is 424 g/mol. The largest absolute Gasteiger partial charge is 0.481 e.